The molecule has 170 valence electrons. The zero-order valence-electron chi connectivity index (χ0n) is 19.0. The molecule has 33 heavy (non-hydrogen) atoms. The average Bonchev–Trinajstić information content (AvgIpc) is 2.77. The summed E-state index contributed by atoms with van der Waals surface area (Å²) in [6.07, 6.45) is 4.75. The average molecular weight is 446 g/mol. The predicted molar refractivity (Wildman–Crippen MR) is 128 cm³/mol. The number of nitrogens with zero attached hydrogens (tertiary/aromatic N) is 3. The molecule has 1 aliphatic heterocycles. The smallest absolute Gasteiger partial charge is 0.320 e. The second-order valence-corrected chi connectivity index (χ2v) is 8.69. The lowest BCUT2D eigenvalue weighted by Gasteiger charge is -2.40. The summed E-state index contributed by atoms with van der Waals surface area (Å²) in [6.45, 7) is 7.07. The molecule has 1 amide bonds. The zero-order valence-corrected chi connectivity index (χ0v) is 19.0. The second-order valence-electron chi connectivity index (χ2n) is 8.69. The number of hydrogen-bond acceptors (Lipinski definition) is 7. The molecule has 1 aliphatic rings. The molecule has 8 heteroatoms. The van der Waals surface area contributed by atoms with E-state index >= 15 is 0 Å². The van der Waals surface area contributed by atoms with Crippen molar-refractivity contribution in [2.75, 3.05) is 30.3 Å². The van der Waals surface area contributed by atoms with Crippen molar-refractivity contribution in [2.24, 2.45) is 0 Å². The molecule has 8 nitrogen and oxygen atoms in total. The number of rotatable bonds is 6. The third kappa shape index (κ3) is 5.53. The Morgan fingerprint density at radius 3 is 2.85 bits per heavy atom. The highest BCUT2D eigenvalue weighted by molar-refractivity contribution is 6.01. The molecule has 0 spiro atoms. The number of benzene rings is 2. The van der Waals surface area contributed by atoms with Gasteiger partial charge < -0.3 is 15.4 Å². The van der Waals surface area contributed by atoms with Crippen LogP contribution in [0, 0.1) is 6.92 Å². The quantitative estimate of drug-likeness (QED) is 0.440. The van der Waals surface area contributed by atoms with E-state index in [1.807, 2.05) is 62.1 Å². The van der Waals surface area contributed by atoms with Crippen LogP contribution < -0.4 is 10.6 Å². The minimum absolute atomic E-state index is 0.209. The van der Waals surface area contributed by atoms with Crippen LogP contribution in [-0.2, 0) is 14.3 Å². The minimum Gasteiger partial charge on any atom is -0.463 e. The number of fused-ring (bicyclic) bond motifs is 1. The Bertz CT molecular complexity index is 1220. The fourth-order valence-corrected chi connectivity index (χ4v) is 3.64. The van der Waals surface area contributed by atoms with Crippen LogP contribution in [0.1, 0.15) is 19.4 Å². The van der Waals surface area contributed by atoms with Gasteiger partial charge in [-0.25, -0.2) is 9.97 Å². The number of carbonyl (C=O) groups excluding carboxylic acids is 2. The van der Waals surface area contributed by atoms with E-state index in [2.05, 4.69) is 20.6 Å². The number of nitrogens with one attached hydrogen (secondary N) is 2. The van der Waals surface area contributed by atoms with Gasteiger partial charge in [-0.2, -0.15) is 0 Å². The molecular weight excluding hydrogens is 418 g/mol. The third-order valence-corrected chi connectivity index (χ3v) is 5.54. The molecule has 1 fully saturated rings. The summed E-state index contributed by atoms with van der Waals surface area (Å²) in [5.41, 5.74) is 3.21. The molecule has 1 aromatic heterocycles. The van der Waals surface area contributed by atoms with Crippen molar-refractivity contribution >= 4 is 40.0 Å². The summed E-state index contributed by atoms with van der Waals surface area (Å²) in [4.78, 5) is 34.7. The first kappa shape index (κ1) is 22.4. The molecule has 0 atom stereocenters. The van der Waals surface area contributed by atoms with E-state index in [9.17, 15) is 9.59 Å². The van der Waals surface area contributed by atoms with Gasteiger partial charge in [0.1, 0.15) is 18.8 Å². The van der Waals surface area contributed by atoms with Gasteiger partial charge in [0.15, 0.2) is 0 Å². The maximum absolute atomic E-state index is 12.5. The van der Waals surface area contributed by atoms with Gasteiger partial charge in [0.05, 0.1) is 17.6 Å². The van der Waals surface area contributed by atoms with Crippen LogP contribution >= 0.6 is 0 Å². The van der Waals surface area contributed by atoms with Crippen molar-refractivity contribution in [1.82, 2.24) is 14.9 Å². The summed E-state index contributed by atoms with van der Waals surface area (Å²) in [5.74, 6) is 0.161. The lowest BCUT2D eigenvalue weighted by Crippen LogP contribution is -2.54. The van der Waals surface area contributed by atoms with Crippen molar-refractivity contribution in [3.63, 3.8) is 0 Å². The lowest BCUT2D eigenvalue weighted by molar-refractivity contribution is -0.159. The zero-order chi connectivity index (χ0) is 23.4. The molecule has 2 aromatic carbocycles. The lowest BCUT2D eigenvalue weighted by atomic mass is 10.0. The minimum atomic E-state index is -0.270. The molecule has 0 unspecified atom stereocenters. The highest BCUT2D eigenvalue weighted by Crippen LogP contribution is 2.26. The highest BCUT2D eigenvalue weighted by Gasteiger charge is 2.33. The van der Waals surface area contributed by atoms with Crippen molar-refractivity contribution in [3.8, 4) is 0 Å². The first-order chi connectivity index (χ1) is 15.8. The Hall–Kier alpha value is -3.78. The highest BCUT2D eigenvalue weighted by atomic mass is 16.5. The van der Waals surface area contributed by atoms with Crippen LogP contribution in [0.3, 0.4) is 0 Å². The van der Waals surface area contributed by atoms with E-state index in [1.54, 1.807) is 12.1 Å². The molecule has 2 N–H and O–H groups in total. The SMILES string of the molecule is Cc1cccc(Nc2ncnc3ccc(NC(=O)C=CCN4CC(=O)OCC4(C)C)cc23)c1. The fourth-order valence-electron chi connectivity index (χ4n) is 3.64. The summed E-state index contributed by atoms with van der Waals surface area (Å²) >= 11 is 0. The second kappa shape index (κ2) is 9.38. The van der Waals surface area contributed by atoms with Crippen LogP contribution in [0.4, 0.5) is 17.2 Å². The molecule has 3 aromatic rings. The Balaban J connectivity index is 1.45. The summed E-state index contributed by atoms with van der Waals surface area (Å²) in [7, 11) is 0. The van der Waals surface area contributed by atoms with E-state index in [0.29, 0.717) is 24.7 Å². The van der Waals surface area contributed by atoms with Gasteiger partial charge in [-0.1, -0.05) is 18.2 Å². The number of morpholine rings is 1. The number of ether oxygens (including phenoxy) is 1. The number of amides is 1. The Morgan fingerprint density at radius 1 is 1.18 bits per heavy atom. The first-order valence-corrected chi connectivity index (χ1v) is 10.8. The topological polar surface area (TPSA) is 96.5 Å². The summed E-state index contributed by atoms with van der Waals surface area (Å²) in [6, 6.07) is 13.5. The Morgan fingerprint density at radius 2 is 2.03 bits per heavy atom. The van der Waals surface area contributed by atoms with Crippen molar-refractivity contribution in [1.29, 1.82) is 0 Å². The molecule has 0 aliphatic carbocycles. The van der Waals surface area contributed by atoms with Crippen LogP contribution in [-0.4, -0.2) is 52.0 Å². The molecule has 0 saturated carbocycles. The van der Waals surface area contributed by atoms with Gasteiger partial charge in [0.25, 0.3) is 0 Å². The number of hydrogen-bond donors (Lipinski definition) is 2. The molecule has 4 rings (SSSR count). The maximum Gasteiger partial charge on any atom is 0.320 e. The fraction of sp³-hybridized carbons (Fsp3) is 0.280. The maximum atomic E-state index is 12.5. The van der Waals surface area contributed by atoms with Gasteiger partial charge in [-0.05, 0) is 56.7 Å². The van der Waals surface area contributed by atoms with E-state index in [-0.39, 0.29) is 24.0 Å². The van der Waals surface area contributed by atoms with Crippen LogP contribution in [0.5, 0.6) is 0 Å². The Kier molecular flexibility index (Phi) is 6.37. The number of anilines is 3. The van der Waals surface area contributed by atoms with Gasteiger partial charge in [0, 0.05) is 29.4 Å². The summed E-state index contributed by atoms with van der Waals surface area (Å²) < 4.78 is 5.12. The summed E-state index contributed by atoms with van der Waals surface area (Å²) in [5, 5.41) is 7.01. The van der Waals surface area contributed by atoms with Crippen LogP contribution in [0.2, 0.25) is 0 Å². The number of carbonyl (C=O) groups is 2. The normalized spacial score (nSPS) is 16.0. The molecule has 2 heterocycles. The number of esters is 1. The van der Waals surface area contributed by atoms with Crippen molar-refractivity contribution in [3.05, 3.63) is 66.5 Å². The Labute approximate surface area is 192 Å². The van der Waals surface area contributed by atoms with Crippen molar-refractivity contribution < 1.29 is 14.3 Å². The van der Waals surface area contributed by atoms with E-state index < -0.39 is 0 Å². The largest absolute Gasteiger partial charge is 0.463 e. The first-order valence-electron chi connectivity index (χ1n) is 10.8. The monoisotopic (exact) mass is 445 g/mol. The number of aromatic nitrogens is 2. The van der Waals surface area contributed by atoms with E-state index in [1.165, 1.54) is 12.4 Å². The van der Waals surface area contributed by atoms with Crippen LogP contribution in [0.15, 0.2) is 60.9 Å². The molecular formula is C25H27N5O3. The van der Waals surface area contributed by atoms with E-state index in [4.69, 9.17) is 4.74 Å². The molecule has 1 saturated heterocycles. The predicted octanol–water partition coefficient (Wildman–Crippen LogP) is 3.81. The van der Waals surface area contributed by atoms with Gasteiger partial charge in [-0.15, -0.1) is 0 Å². The molecule has 0 bridgehead atoms. The number of aryl methyl sites for hydroxylation is 1. The third-order valence-electron chi connectivity index (χ3n) is 5.54. The van der Waals surface area contributed by atoms with Gasteiger partial charge >= 0.3 is 5.97 Å². The molecule has 0 radical (unpaired) electrons. The standard InChI is InChI=1S/C25H27N5O3/c1-17-6-4-7-18(12-17)29-24-20-13-19(9-10-21(20)26-16-27-24)28-22(31)8-5-11-30-14-23(32)33-15-25(30,2)3/h4-10,12-13,16H,11,14-15H2,1-3H3,(H,28,31)(H,26,27,29). The van der Waals surface area contributed by atoms with Crippen molar-refractivity contribution in [2.45, 2.75) is 26.3 Å². The van der Waals surface area contributed by atoms with Gasteiger partial charge in [0.2, 0.25) is 5.91 Å². The van der Waals surface area contributed by atoms with Crippen LogP contribution in [0.25, 0.3) is 10.9 Å². The van der Waals surface area contributed by atoms with Gasteiger partial charge in [-0.3, -0.25) is 14.5 Å². The van der Waals surface area contributed by atoms with E-state index in [0.717, 1.165) is 22.2 Å². The number of cyclic esters (lactones) is 1.